The van der Waals surface area contributed by atoms with Crippen LogP contribution in [-0.2, 0) is 48.2 Å². The summed E-state index contributed by atoms with van der Waals surface area (Å²) in [7, 11) is 0. The van der Waals surface area contributed by atoms with Crippen LogP contribution in [0.1, 0.15) is 0 Å². The summed E-state index contributed by atoms with van der Waals surface area (Å²) in [6, 6.07) is 0. The second-order valence-electron chi connectivity index (χ2n) is 5.33. The Morgan fingerprint density at radius 1 is 0.767 bits per heavy atom. The monoisotopic (exact) mass is 421 g/mol. The van der Waals surface area contributed by atoms with Crippen molar-refractivity contribution >= 4 is 17.9 Å². The lowest BCUT2D eigenvalue weighted by molar-refractivity contribution is -0.138. The van der Waals surface area contributed by atoms with Crippen LogP contribution in [0.3, 0.4) is 0 Å². The topological polar surface area (TPSA) is 145 Å². The van der Waals surface area contributed by atoms with Gasteiger partial charge in [0, 0.05) is 18.1 Å². The Hall–Kier alpha value is -4.14. The zero-order valence-electron chi connectivity index (χ0n) is 15.9. The first-order valence-electron chi connectivity index (χ1n) is 8.43. The highest BCUT2D eigenvalue weighted by atomic mass is 16.5. The molecule has 0 aliphatic heterocycles. The fourth-order valence-electron chi connectivity index (χ4n) is 2.12. The fraction of sp³-hybridized carbons (Fsp3) is 0.333. The molecule has 0 saturated carbocycles. The summed E-state index contributed by atoms with van der Waals surface area (Å²) in [5, 5.41) is 0. The molecule has 0 N–H and O–H groups in total. The van der Waals surface area contributed by atoms with Crippen molar-refractivity contribution in [2.45, 2.75) is 19.6 Å². The number of carbonyl (C=O) groups is 3. The van der Waals surface area contributed by atoms with Crippen LogP contribution in [0.5, 0.6) is 0 Å². The minimum absolute atomic E-state index is 0.351. The van der Waals surface area contributed by atoms with E-state index in [-0.39, 0.29) is 26.3 Å². The van der Waals surface area contributed by atoms with E-state index in [0.29, 0.717) is 13.7 Å². The SMILES string of the molecule is C#CC(=O)OCCn1c(=O)n(CCOC(=O)C=C)c(=O)n(CCOC(=O)C=C)c1=O. The van der Waals surface area contributed by atoms with E-state index in [2.05, 4.69) is 17.9 Å². The smallest absolute Gasteiger partial charge is 0.384 e. The van der Waals surface area contributed by atoms with E-state index in [0.717, 1.165) is 12.2 Å². The highest BCUT2D eigenvalue weighted by molar-refractivity contribution is 5.87. The van der Waals surface area contributed by atoms with Crippen molar-refractivity contribution in [3.05, 3.63) is 56.8 Å². The minimum Gasteiger partial charge on any atom is -0.461 e. The first-order chi connectivity index (χ1) is 14.3. The molecule has 1 aromatic heterocycles. The van der Waals surface area contributed by atoms with Crippen molar-refractivity contribution in [1.29, 1.82) is 0 Å². The molecule has 0 fully saturated rings. The molecular formula is C18H19N3O9. The van der Waals surface area contributed by atoms with Crippen molar-refractivity contribution in [3.63, 3.8) is 0 Å². The van der Waals surface area contributed by atoms with Gasteiger partial charge in [0.15, 0.2) is 0 Å². The molecule has 0 aliphatic rings. The maximum absolute atomic E-state index is 12.6. The van der Waals surface area contributed by atoms with E-state index in [1.54, 1.807) is 5.92 Å². The van der Waals surface area contributed by atoms with Crippen LogP contribution in [0.2, 0.25) is 0 Å². The molecule has 0 atom stereocenters. The van der Waals surface area contributed by atoms with E-state index in [9.17, 15) is 28.8 Å². The van der Waals surface area contributed by atoms with Gasteiger partial charge in [-0.2, -0.15) is 0 Å². The third-order valence-corrected chi connectivity index (χ3v) is 3.50. The van der Waals surface area contributed by atoms with Gasteiger partial charge in [-0.15, -0.1) is 6.42 Å². The Balaban J connectivity index is 3.24. The van der Waals surface area contributed by atoms with Gasteiger partial charge in [-0.3, -0.25) is 0 Å². The molecule has 30 heavy (non-hydrogen) atoms. The average molecular weight is 421 g/mol. The molecule has 1 heterocycles. The minimum atomic E-state index is -1.02. The summed E-state index contributed by atoms with van der Waals surface area (Å²) < 4.78 is 16.1. The van der Waals surface area contributed by atoms with Crippen LogP contribution < -0.4 is 17.1 Å². The fourth-order valence-corrected chi connectivity index (χ4v) is 2.12. The van der Waals surface area contributed by atoms with E-state index in [1.807, 2.05) is 0 Å². The molecule has 12 heteroatoms. The van der Waals surface area contributed by atoms with Crippen molar-refractivity contribution in [3.8, 4) is 12.3 Å². The zero-order valence-corrected chi connectivity index (χ0v) is 15.9. The predicted octanol–water partition coefficient (Wildman–Crippen LogP) is -2.19. The van der Waals surface area contributed by atoms with E-state index < -0.39 is 48.1 Å². The van der Waals surface area contributed by atoms with Crippen molar-refractivity contribution in [1.82, 2.24) is 13.7 Å². The maximum Gasteiger partial charge on any atom is 0.384 e. The molecular weight excluding hydrogens is 402 g/mol. The highest BCUT2D eigenvalue weighted by Crippen LogP contribution is 1.86. The lowest BCUT2D eigenvalue weighted by Crippen LogP contribution is -2.55. The number of hydrogen-bond acceptors (Lipinski definition) is 9. The number of nitrogens with zero attached hydrogens (tertiary/aromatic N) is 3. The molecule has 0 radical (unpaired) electrons. The molecule has 0 spiro atoms. The van der Waals surface area contributed by atoms with Gasteiger partial charge in [-0.05, 0) is 0 Å². The third kappa shape index (κ3) is 6.48. The van der Waals surface area contributed by atoms with Crippen LogP contribution in [0, 0.1) is 12.3 Å². The molecule has 0 aliphatic carbocycles. The van der Waals surface area contributed by atoms with Gasteiger partial charge in [-0.25, -0.2) is 42.5 Å². The summed E-state index contributed by atoms with van der Waals surface area (Å²) >= 11 is 0. The second-order valence-corrected chi connectivity index (χ2v) is 5.33. The maximum atomic E-state index is 12.6. The standard InChI is InChI=1S/C18H19N3O9/c1-4-13(22)28-10-7-19-16(25)20(8-11-29-14(23)5-2)18(27)21(17(19)26)9-12-30-15(24)6-3/h1,5-6H,2-3,7-12H2. The summed E-state index contributed by atoms with van der Waals surface area (Å²) in [6.45, 7) is 4.18. The predicted molar refractivity (Wildman–Crippen MR) is 101 cm³/mol. The van der Waals surface area contributed by atoms with E-state index in [4.69, 9.17) is 15.9 Å². The van der Waals surface area contributed by atoms with Gasteiger partial charge < -0.3 is 14.2 Å². The molecule has 0 amide bonds. The normalized spacial score (nSPS) is 9.83. The van der Waals surface area contributed by atoms with Crippen molar-refractivity contribution in [2.24, 2.45) is 0 Å². The quantitative estimate of drug-likeness (QED) is 0.128. The number of ether oxygens (including phenoxy) is 3. The Bertz CT molecular complexity index is 988. The van der Waals surface area contributed by atoms with Crippen LogP contribution in [0.15, 0.2) is 39.7 Å². The summed E-state index contributed by atoms with van der Waals surface area (Å²) in [5.41, 5.74) is -3.04. The van der Waals surface area contributed by atoms with Crippen molar-refractivity contribution in [2.75, 3.05) is 19.8 Å². The van der Waals surface area contributed by atoms with E-state index >= 15 is 0 Å². The first kappa shape index (κ1) is 23.9. The molecule has 1 aromatic rings. The Kier molecular flexibility index (Phi) is 9.28. The average Bonchev–Trinajstić information content (AvgIpc) is 2.74. The number of rotatable bonds is 11. The van der Waals surface area contributed by atoms with Gasteiger partial charge >= 0.3 is 35.0 Å². The van der Waals surface area contributed by atoms with Gasteiger partial charge in [-0.1, -0.05) is 13.2 Å². The Morgan fingerprint density at radius 2 is 1.10 bits per heavy atom. The zero-order chi connectivity index (χ0) is 22.7. The largest absolute Gasteiger partial charge is 0.461 e. The van der Waals surface area contributed by atoms with Crippen LogP contribution >= 0.6 is 0 Å². The number of aromatic nitrogens is 3. The summed E-state index contributed by atoms with van der Waals surface area (Å²) in [4.78, 5) is 71.0. The number of carbonyl (C=O) groups excluding carboxylic acids is 3. The first-order valence-corrected chi connectivity index (χ1v) is 8.43. The second kappa shape index (κ2) is 11.6. The Morgan fingerprint density at radius 3 is 1.40 bits per heavy atom. The van der Waals surface area contributed by atoms with Crippen molar-refractivity contribution < 1.29 is 28.6 Å². The summed E-state index contributed by atoms with van der Waals surface area (Å²) in [5.74, 6) is -0.834. The van der Waals surface area contributed by atoms with Crippen LogP contribution in [0.25, 0.3) is 0 Å². The van der Waals surface area contributed by atoms with Gasteiger partial charge in [0.1, 0.15) is 19.8 Å². The summed E-state index contributed by atoms with van der Waals surface area (Å²) in [6.07, 6.45) is 6.66. The molecule has 0 saturated heterocycles. The molecule has 0 aromatic carbocycles. The van der Waals surface area contributed by atoms with Crippen LogP contribution in [-0.4, -0.2) is 51.4 Å². The van der Waals surface area contributed by atoms with Crippen LogP contribution in [0.4, 0.5) is 0 Å². The third-order valence-electron chi connectivity index (χ3n) is 3.50. The number of hydrogen-bond donors (Lipinski definition) is 0. The lowest BCUT2D eigenvalue weighted by Gasteiger charge is -2.14. The Labute approximate surface area is 169 Å². The number of terminal acetylenes is 1. The molecule has 1 rings (SSSR count). The molecule has 0 unspecified atom stereocenters. The van der Waals surface area contributed by atoms with Gasteiger partial charge in [0.25, 0.3) is 0 Å². The van der Waals surface area contributed by atoms with Gasteiger partial charge in [0.05, 0.1) is 19.6 Å². The van der Waals surface area contributed by atoms with E-state index in [1.165, 1.54) is 0 Å². The number of esters is 3. The highest BCUT2D eigenvalue weighted by Gasteiger charge is 2.16. The molecule has 0 bridgehead atoms. The van der Waals surface area contributed by atoms with Gasteiger partial charge in [0.2, 0.25) is 0 Å². The molecule has 12 nitrogen and oxygen atoms in total. The molecule has 160 valence electrons. The lowest BCUT2D eigenvalue weighted by atomic mass is 10.5.